The van der Waals surface area contributed by atoms with E-state index in [4.69, 9.17) is 5.11 Å². The highest BCUT2D eigenvalue weighted by Gasteiger charge is 2.19. The molecule has 1 radical (unpaired) electrons. The summed E-state index contributed by atoms with van der Waals surface area (Å²) >= 11 is 0. The van der Waals surface area contributed by atoms with E-state index in [2.05, 4.69) is 6.42 Å². The molecule has 0 saturated heterocycles. The number of carboxylic acid groups (broad SMARTS) is 1. The van der Waals surface area contributed by atoms with Crippen molar-refractivity contribution in [1.29, 1.82) is 0 Å². The summed E-state index contributed by atoms with van der Waals surface area (Å²) in [6.07, 6.45) is 5.87. The van der Waals surface area contributed by atoms with Crippen molar-refractivity contribution < 1.29 is 9.90 Å². The fraction of sp³-hybridized carbons (Fsp3) is 0.714. The van der Waals surface area contributed by atoms with Crippen LogP contribution >= 0.6 is 12.4 Å². The summed E-state index contributed by atoms with van der Waals surface area (Å²) < 4.78 is 0. The van der Waals surface area contributed by atoms with Gasteiger partial charge in [0.15, 0.2) is 0 Å². The molecule has 1 aliphatic carbocycles. The third-order valence-corrected chi connectivity index (χ3v) is 1.76. The predicted octanol–water partition coefficient (Wildman–Crippen LogP) is 1.89. The summed E-state index contributed by atoms with van der Waals surface area (Å²) in [6.45, 7) is 0. The van der Waals surface area contributed by atoms with Crippen LogP contribution in [0.15, 0.2) is 0 Å². The number of hydrogen-bond donors (Lipinski definition) is 1. The molecular formula is C7H12ClO2. The number of aliphatic carboxylic acids is 1. The van der Waals surface area contributed by atoms with Gasteiger partial charge in [-0.15, -0.1) is 12.4 Å². The van der Waals surface area contributed by atoms with Crippen LogP contribution in [0.5, 0.6) is 0 Å². The summed E-state index contributed by atoms with van der Waals surface area (Å²) in [5.41, 5.74) is 0. The lowest BCUT2D eigenvalue weighted by Crippen LogP contribution is -2.16. The maximum absolute atomic E-state index is 10.3. The van der Waals surface area contributed by atoms with E-state index in [0.717, 1.165) is 25.7 Å². The first-order chi connectivity index (χ1) is 4.30. The largest absolute Gasteiger partial charge is 0.481 e. The van der Waals surface area contributed by atoms with Crippen LogP contribution in [0.25, 0.3) is 0 Å². The van der Waals surface area contributed by atoms with Crippen LogP contribution in [0.4, 0.5) is 0 Å². The summed E-state index contributed by atoms with van der Waals surface area (Å²) in [5, 5.41) is 8.52. The Morgan fingerprint density at radius 3 is 2.60 bits per heavy atom. The van der Waals surface area contributed by atoms with Gasteiger partial charge < -0.3 is 5.11 Å². The van der Waals surface area contributed by atoms with Gasteiger partial charge in [-0.25, -0.2) is 0 Å². The van der Waals surface area contributed by atoms with E-state index in [-0.39, 0.29) is 18.3 Å². The first-order valence-corrected chi connectivity index (χ1v) is 3.35. The van der Waals surface area contributed by atoms with E-state index in [1.165, 1.54) is 0 Å². The monoisotopic (exact) mass is 163 g/mol. The fourth-order valence-electron chi connectivity index (χ4n) is 1.17. The Balaban J connectivity index is 0.000000810. The Hall–Kier alpha value is -0.240. The molecule has 2 nitrogen and oxygen atoms in total. The van der Waals surface area contributed by atoms with Crippen LogP contribution in [0.2, 0.25) is 0 Å². The molecule has 59 valence electrons. The van der Waals surface area contributed by atoms with Gasteiger partial charge in [0, 0.05) is 0 Å². The second-order valence-electron chi connectivity index (χ2n) is 2.49. The van der Waals surface area contributed by atoms with Gasteiger partial charge in [-0.05, 0) is 19.3 Å². The molecule has 1 fully saturated rings. The summed E-state index contributed by atoms with van der Waals surface area (Å²) in [6, 6.07) is 0. The number of hydrogen-bond acceptors (Lipinski definition) is 1. The molecule has 1 atom stereocenters. The quantitative estimate of drug-likeness (QED) is 0.641. The standard InChI is InChI=1S/C7H11O2.ClH/c8-7(9)6-4-2-1-3-5-6;/h2,6H,1,3-5H2,(H,8,9);1H. The number of carboxylic acids is 1. The minimum Gasteiger partial charge on any atom is -0.481 e. The minimum atomic E-state index is -0.633. The Kier molecular flexibility index (Phi) is 4.45. The highest BCUT2D eigenvalue weighted by Crippen LogP contribution is 2.22. The molecule has 0 aliphatic heterocycles. The van der Waals surface area contributed by atoms with Crippen molar-refractivity contribution in [1.82, 2.24) is 0 Å². The number of carbonyl (C=O) groups is 1. The predicted molar refractivity (Wildman–Crippen MR) is 41.1 cm³/mol. The van der Waals surface area contributed by atoms with E-state index in [1.54, 1.807) is 0 Å². The Labute approximate surface area is 67.0 Å². The molecule has 0 spiro atoms. The smallest absolute Gasteiger partial charge is 0.306 e. The fourth-order valence-corrected chi connectivity index (χ4v) is 1.17. The zero-order valence-corrected chi connectivity index (χ0v) is 6.56. The zero-order valence-electron chi connectivity index (χ0n) is 5.75. The third kappa shape index (κ3) is 2.56. The molecule has 1 unspecified atom stereocenters. The van der Waals surface area contributed by atoms with Crippen molar-refractivity contribution in [3.8, 4) is 0 Å². The van der Waals surface area contributed by atoms with Gasteiger partial charge in [0.05, 0.1) is 5.92 Å². The van der Waals surface area contributed by atoms with Crippen LogP contribution < -0.4 is 0 Å². The van der Waals surface area contributed by atoms with Gasteiger partial charge in [0.1, 0.15) is 0 Å². The van der Waals surface area contributed by atoms with Gasteiger partial charge in [0.2, 0.25) is 0 Å². The number of halogens is 1. The maximum Gasteiger partial charge on any atom is 0.306 e. The first kappa shape index (κ1) is 9.76. The van der Waals surface area contributed by atoms with Crippen LogP contribution in [0.1, 0.15) is 25.7 Å². The molecule has 3 heteroatoms. The molecule has 0 heterocycles. The Morgan fingerprint density at radius 1 is 1.60 bits per heavy atom. The maximum atomic E-state index is 10.3. The first-order valence-electron chi connectivity index (χ1n) is 3.35. The molecule has 0 aromatic rings. The van der Waals surface area contributed by atoms with Gasteiger partial charge in [-0.2, -0.15) is 0 Å². The van der Waals surface area contributed by atoms with Crippen LogP contribution in [-0.4, -0.2) is 11.1 Å². The van der Waals surface area contributed by atoms with Crippen molar-refractivity contribution >= 4 is 18.4 Å². The van der Waals surface area contributed by atoms with Crippen molar-refractivity contribution in [3.63, 3.8) is 0 Å². The zero-order chi connectivity index (χ0) is 6.69. The van der Waals surface area contributed by atoms with Gasteiger partial charge in [-0.1, -0.05) is 12.8 Å². The average molecular weight is 164 g/mol. The second kappa shape index (κ2) is 4.56. The molecule has 1 N–H and O–H groups in total. The molecule has 0 aromatic carbocycles. The van der Waals surface area contributed by atoms with Crippen LogP contribution in [0, 0.1) is 12.3 Å². The van der Waals surface area contributed by atoms with E-state index >= 15 is 0 Å². The molecule has 1 saturated carbocycles. The average Bonchev–Trinajstić information content (AvgIpc) is 1.90. The topological polar surface area (TPSA) is 37.3 Å². The normalized spacial score (nSPS) is 19.6. The minimum absolute atomic E-state index is 0. The second-order valence-corrected chi connectivity index (χ2v) is 2.49. The molecule has 0 aromatic heterocycles. The van der Waals surface area contributed by atoms with Gasteiger partial charge in [-0.3, -0.25) is 4.79 Å². The molecule has 1 aliphatic rings. The Morgan fingerprint density at radius 2 is 2.30 bits per heavy atom. The van der Waals surface area contributed by atoms with E-state index < -0.39 is 5.97 Å². The molecule has 0 amide bonds. The highest BCUT2D eigenvalue weighted by molar-refractivity contribution is 5.85. The summed E-state index contributed by atoms with van der Waals surface area (Å²) in [4.78, 5) is 10.3. The van der Waals surface area contributed by atoms with E-state index in [1.807, 2.05) is 0 Å². The van der Waals surface area contributed by atoms with E-state index in [9.17, 15) is 4.79 Å². The van der Waals surface area contributed by atoms with Crippen molar-refractivity contribution in [2.24, 2.45) is 5.92 Å². The summed E-state index contributed by atoms with van der Waals surface area (Å²) in [5.74, 6) is -0.718. The lowest BCUT2D eigenvalue weighted by atomic mass is 9.90. The summed E-state index contributed by atoms with van der Waals surface area (Å²) in [7, 11) is 0. The molecule has 1 rings (SSSR count). The van der Waals surface area contributed by atoms with Gasteiger partial charge >= 0.3 is 5.97 Å². The lowest BCUT2D eigenvalue weighted by molar-refractivity contribution is -0.142. The number of rotatable bonds is 1. The highest BCUT2D eigenvalue weighted by atomic mass is 35.5. The SMILES string of the molecule is Cl.O=C(O)C1C[CH]CCC1. The Bertz CT molecular complexity index is 108. The van der Waals surface area contributed by atoms with E-state index in [0.29, 0.717) is 0 Å². The lowest BCUT2D eigenvalue weighted by Gasteiger charge is -2.16. The third-order valence-electron chi connectivity index (χ3n) is 1.76. The van der Waals surface area contributed by atoms with Crippen LogP contribution in [0.3, 0.4) is 0 Å². The molecular weight excluding hydrogens is 152 g/mol. The van der Waals surface area contributed by atoms with Crippen LogP contribution in [-0.2, 0) is 4.79 Å². The van der Waals surface area contributed by atoms with Gasteiger partial charge in [0.25, 0.3) is 0 Å². The molecule has 0 bridgehead atoms. The van der Waals surface area contributed by atoms with Crippen molar-refractivity contribution in [2.75, 3.05) is 0 Å². The van der Waals surface area contributed by atoms with Crippen molar-refractivity contribution in [3.05, 3.63) is 6.42 Å². The van der Waals surface area contributed by atoms with Crippen molar-refractivity contribution in [2.45, 2.75) is 25.7 Å². The molecule has 10 heavy (non-hydrogen) atoms.